The smallest absolute Gasteiger partial charge is 0.790 e. The topological polar surface area (TPSA) is 9.23 Å². The third-order valence-electron chi connectivity index (χ3n) is 0.455. The fraction of sp³-hybridized carbons (Fsp3) is 0.833. The van der Waals surface area contributed by atoms with Gasteiger partial charge in [0.25, 0.3) is 0 Å². The Morgan fingerprint density at radius 2 is 0.938 bits per heavy atom. The molecule has 0 saturated carbocycles. The molecule has 0 bridgehead atoms. The van der Waals surface area contributed by atoms with Gasteiger partial charge in [-0.25, -0.2) is 0 Å². The molecule has 0 atom stereocenters. The van der Waals surface area contributed by atoms with Gasteiger partial charge >= 0.3 is 23.9 Å². The zero-order chi connectivity index (χ0) is 12.7. The zero-order valence-corrected chi connectivity index (χ0v) is 16.0. The van der Waals surface area contributed by atoms with Crippen molar-refractivity contribution in [3.05, 3.63) is 11.8 Å². The fourth-order valence-electron chi connectivity index (χ4n) is 0.220. The van der Waals surface area contributed by atoms with Gasteiger partial charge in [0.15, 0.2) is 0 Å². The van der Waals surface area contributed by atoms with E-state index in [-0.39, 0.29) is 23.9 Å². The average molecular weight is 369 g/mol. The Kier molecular flexibility index (Phi) is 41.3. The van der Waals surface area contributed by atoms with Crippen LogP contribution in [0, 0.1) is 11.8 Å². The standard InChI is InChI=1S/C4H10OS2.2C4H9.Sn/c6-3-1-5-2-4-7;2*1-4(2)3;/h6-7H,1-4H2;2*1-3H3;/q;;;+2/p-2. The van der Waals surface area contributed by atoms with Crippen LogP contribution in [0.2, 0.25) is 0 Å². The summed E-state index contributed by atoms with van der Waals surface area (Å²) in [6.45, 7) is 13.8. The molecule has 0 N–H and O–H groups in total. The van der Waals surface area contributed by atoms with Crippen LogP contribution in [0.4, 0.5) is 0 Å². The van der Waals surface area contributed by atoms with Crippen LogP contribution < -0.4 is 0 Å². The summed E-state index contributed by atoms with van der Waals surface area (Å²) in [7, 11) is 0. The van der Waals surface area contributed by atoms with E-state index in [9.17, 15) is 0 Å². The molecular formula is C12H26OS2Sn. The Morgan fingerprint density at radius 3 is 1.06 bits per heavy atom. The van der Waals surface area contributed by atoms with Crippen molar-refractivity contribution in [2.45, 2.75) is 41.5 Å². The summed E-state index contributed by atoms with van der Waals surface area (Å²) >= 11 is 9.21. The number of rotatable bonds is 4. The van der Waals surface area contributed by atoms with Gasteiger partial charge in [-0.15, -0.1) is 0 Å². The van der Waals surface area contributed by atoms with Gasteiger partial charge in [0.2, 0.25) is 0 Å². The molecule has 0 aliphatic rings. The van der Waals surface area contributed by atoms with Gasteiger partial charge in [0.1, 0.15) is 0 Å². The molecule has 4 heteroatoms. The number of hydrogen-bond donors (Lipinski definition) is 0. The normalized spacial score (nSPS) is 8.62. The van der Waals surface area contributed by atoms with Crippen LogP contribution in [0.5, 0.6) is 0 Å². The van der Waals surface area contributed by atoms with Crippen LogP contribution in [0.15, 0.2) is 0 Å². The van der Waals surface area contributed by atoms with Gasteiger partial charge < -0.3 is 30.0 Å². The molecule has 4 radical (unpaired) electrons. The summed E-state index contributed by atoms with van der Waals surface area (Å²) in [5.74, 6) is 4.19. The van der Waals surface area contributed by atoms with Gasteiger partial charge in [-0.1, -0.05) is 41.5 Å². The first-order chi connectivity index (χ1) is 6.88. The molecular weight excluding hydrogens is 343 g/mol. The molecule has 0 spiro atoms. The van der Waals surface area contributed by atoms with Crippen molar-refractivity contribution >= 4 is 49.2 Å². The molecule has 96 valence electrons. The van der Waals surface area contributed by atoms with E-state index in [4.69, 9.17) is 4.74 Å². The van der Waals surface area contributed by atoms with Crippen molar-refractivity contribution in [1.82, 2.24) is 0 Å². The largest absolute Gasteiger partial charge is 2.00 e. The van der Waals surface area contributed by atoms with Crippen LogP contribution in [0.3, 0.4) is 0 Å². The molecule has 0 fully saturated rings. The summed E-state index contributed by atoms with van der Waals surface area (Å²) in [5, 5.41) is 0. The van der Waals surface area contributed by atoms with Crippen LogP contribution in [-0.4, -0.2) is 48.6 Å². The number of hydrogen-bond acceptors (Lipinski definition) is 3. The third-order valence-corrected chi connectivity index (χ3v) is 0.789. The molecule has 0 aromatic carbocycles. The molecule has 0 rings (SSSR count). The molecule has 0 aliphatic carbocycles. The molecule has 0 aromatic rings. The van der Waals surface area contributed by atoms with Crippen molar-refractivity contribution in [1.29, 1.82) is 0 Å². The second-order valence-electron chi connectivity index (χ2n) is 4.02. The molecule has 0 aromatic heterocycles. The van der Waals surface area contributed by atoms with E-state index in [1.807, 2.05) is 0 Å². The third kappa shape index (κ3) is 108. The second-order valence-corrected chi connectivity index (χ2v) is 4.84. The minimum atomic E-state index is 0. The average Bonchev–Trinajstić information content (AvgIpc) is 2.03. The summed E-state index contributed by atoms with van der Waals surface area (Å²) < 4.78 is 4.92. The van der Waals surface area contributed by atoms with Gasteiger partial charge in [-0.2, -0.15) is 11.5 Å². The van der Waals surface area contributed by atoms with Crippen molar-refractivity contribution in [2.75, 3.05) is 24.7 Å². The van der Waals surface area contributed by atoms with Crippen LogP contribution in [-0.2, 0) is 30.0 Å². The maximum absolute atomic E-state index is 4.92. The Balaban J connectivity index is -0.0000000700. The zero-order valence-electron chi connectivity index (χ0n) is 11.6. The first-order valence-electron chi connectivity index (χ1n) is 5.15. The van der Waals surface area contributed by atoms with Crippen molar-refractivity contribution in [3.8, 4) is 0 Å². The quantitative estimate of drug-likeness (QED) is 0.429. The van der Waals surface area contributed by atoms with Gasteiger partial charge in [-0.05, 0) is 11.8 Å². The number of ether oxygens (including phenoxy) is 1. The Bertz CT molecular complexity index is 75.6. The molecule has 0 saturated heterocycles. The van der Waals surface area contributed by atoms with E-state index in [2.05, 4.69) is 66.8 Å². The Hall–Kier alpha value is 1.46. The minimum absolute atomic E-state index is 0. The second kappa shape index (κ2) is 25.3. The molecule has 1 nitrogen and oxygen atoms in total. The van der Waals surface area contributed by atoms with Crippen molar-refractivity contribution in [3.63, 3.8) is 0 Å². The Morgan fingerprint density at radius 1 is 0.750 bits per heavy atom. The van der Waals surface area contributed by atoms with Gasteiger partial charge in [0, 0.05) is 13.2 Å². The SMILES string of the molecule is C[C](C)C.C[C](C)C.[S-]CCOCC[S-].[Sn+2]. The van der Waals surface area contributed by atoms with Crippen molar-refractivity contribution < 1.29 is 4.74 Å². The molecule has 0 heterocycles. The molecule has 0 aliphatic heterocycles. The van der Waals surface area contributed by atoms with E-state index < -0.39 is 0 Å². The monoisotopic (exact) mass is 370 g/mol. The van der Waals surface area contributed by atoms with E-state index in [0.29, 0.717) is 24.7 Å². The predicted octanol–water partition coefficient (Wildman–Crippen LogP) is 2.96. The maximum atomic E-state index is 4.92. The molecule has 0 unspecified atom stereocenters. The van der Waals surface area contributed by atoms with Crippen LogP contribution in [0.25, 0.3) is 0 Å². The summed E-state index contributed by atoms with van der Waals surface area (Å²) in [4.78, 5) is 0. The first kappa shape index (κ1) is 26.1. The van der Waals surface area contributed by atoms with Gasteiger partial charge in [-0.3, -0.25) is 0 Å². The Labute approximate surface area is 131 Å². The summed E-state index contributed by atoms with van der Waals surface area (Å²) in [6, 6.07) is 0. The van der Waals surface area contributed by atoms with Crippen LogP contribution in [0.1, 0.15) is 41.5 Å². The predicted molar refractivity (Wildman–Crippen MR) is 81.6 cm³/mol. The van der Waals surface area contributed by atoms with E-state index in [1.165, 1.54) is 11.8 Å². The summed E-state index contributed by atoms with van der Waals surface area (Å²) in [6.07, 6.45) is 0. The van der Waals surface area contributed by atoms with Crippen molar-refractivity contribution in [2.24, 2.45) is 0 Å². The molecule has 16 heavy (non-hydrogen) atoms. The fourth-order valence-corrected chi connectivity index (χ4v) is 0.456. The van der Waals surface area contributed by atoms with E-state index in [0.717, 1.165) is 0 Å². The van der Waals surface area contributed by atoms with E-state index >= 15 is 0 Å². The minimum Gasteiger partial charge on any atom is -0.790 e. The molecule has 0 amide bonds. The van der Waals surface area contributed by atoms with Crippen LogP contribution >= 0.6 is 0 Å². The first-order valence-corrected chi connectivity index (χ1v) is 6.31. The summed E-state index contributed by atoms with van der Waals surface area (Å²) in [5.41, 5.74) is 0. The van der Waals surface area contributed by atoms with Gasteiger partial charge in [0.05, 0.1) is 0 Å². The van der Waals surface area contributed by atoms with E-state index in [1.54, 1.807) is 0 Å². The maximum Gasteiger partial charge on any atom is 2.00 e.